The van der Waals surface area contributed by atoms with Crippen molar-refractivity contribution in [1.29, 1.82) is 0 Å². The number of sulfonamides is 1. The Morgan fingerprint density at radius 3 is 2.70 bits per heavy atom. The quantitative estimate of drug-likeness (QED) is 0.859. The van der Waals surface area contributed by atoms with Crippen LogP contribution in [0.3, 0.4) is 0 Å². The zero-order valence-electron chi connectivity index (χ0n) is 10.8. The third kappa shape index (κ3) is 2.42. The Labute approximate surface area is 122 Å². The van der Waals surface area contributed by atoms with Gasteiger partial charge in [0.2, 0.25) is 10.0 Å². The molecule has 0 amide bonds. The fraction of sp³-hybridized carbons (Fsp3) is 0.417. The van der Waals surface area contributed by atoms with Gasteiger partial charge in [-0.25, -0.2) is 8.42 Å². The number of hydrogen-bond donors (Lipinski definition) is 2. The summed E-state index contributed by atoms with van der Waals surface area (Å²) in [6, 6.07) is 4.60. The molecule has 0 aromatic heterocycles. The van der Waals surface area contributed by atoms with Crippen molar-refractivity contribution in [1.82, 2.24) is 4.31 Å². The molecule has 8 heteroatoms. The lowest BCUT2D eigenvalue weighted by molar-refractivity contribution is -0.142. The van der Waals surface area contributed by atoms with Crippen LogP contribution in [0.4, 0.5) is 0 Å². The summed E-state index contributed by atoms with van der Waals surface area (Å²) >= 11 is 5.93. The third-order valence-corrected chi connectivity index (χ3v) is 5.93. The van der Waals surface area contributed by atoms with Gasteiger partial charge in [0, 0.05) is 18.1 Å². The molecular weight excluding hydrogens is 304 g/mol. The molecule has 0 bridgehead atoms. The molecule has 1 aliphatic heterocycles. The Hall–Kier alpha value is -1.15. The Bertz CT molecular complexity index is 661. The van der Waals surface area contributed by atoms with E-state index < -0.39 is 21.5 Å². The summed E-state index contributed by atoms with van der Waals surface area (Å²) in [6.07, 6.45) is 0.0845. The van der Waals surface area contributed by atoms with Crippen molar-refractivity contribution in [2.75, 3.05) is 13.1 Å². The molecule has 1 fully saturated rings. The molecule has 2 rings (SSSR count). The number of carboxylic acid groups (broad SMARTS) is 1. The lowest BCUT2D eigenvalue weighted by atomic mass is 10.0. The molecular formula is C12H15ClN2O4S. The number of nitrogens with zero attached hydrogens (tertiary/aromatic N) is 1. The highest BCUT2D eigenvalue weighted by molar-refractivity contribution is 7.89. The number of nitrogens with two attached hydrogens (primary N) is 1. The Morgan fingerprint density at radius 1 is 1.50 bits per heavy atom. The van der Waals surface area contributed by atoms with Crippen LogP contribution in [0.1, 0.15) is 12.0 Å². The summed E-state index contributed by atoms with van der Waals surface area (Å²) in [5, 5.41) is 9.41. The van der Waals surface area contributed by atoms with Crippen LogP contribution in [0.2, 0.25) is 5.02 Å². The fourth-order valence-electron chi connectivity index (χ4n) is 2.18. The molecule has 0 aliphatic carbocycles. The molecule has 1 atom stereocenters. The second-order valence-corrected chi connectivity index (χ2v) is 7.23. The summed E-state index contributed by atoms with van der Waals surface area (Å²) < 4.78 is 26.2. The van der Waals surface area contributed by atoms with Gasteiger partial charge in [-0.3, -0.25) is 4.79 Å². The molecule has 20 heavy (non-hydrogen) atoms. The number of hydrogen-bond acceptors (Lipinski definition) is 4. The predicted molar refractivity (Wildman–Crippen MR) is 74.1 cm³/mol. The zero-order chi connectivity index (χ0) is 15.1. The fourth-order valence-corrected chi connectivity index (χ4v) is 4.17. The molecule has 1 aromatic carbocycles. The van der Waals surface area contributed by atoms with Crippen molar-refractivity contribution in [3.8, 4) is 0 Å². The van der Waals surface area contributed by atoms with Gasteiger partial charge in [0.25, 0.3) is 0 Å². The van der Waals surface area contributed by atoms with Crippen LogP contribution in [0, 0.1) is 6.92 Å². The van der Waals surface area contributed by atoms with Gasteiger partial charge >= 0.3 is 5.97 Å². The van der Waals surface area contributed by atoms with Gasteiger partial charge in [-0.15, -0.1) is 0 Å². The molecule has 110 valence electrons. The van der Waals surface area contributed by atoms with Crippen LogP contribution in [0.15, 0.2) is 23.1 Å². The Morgan fingerprint density at radius 2 is 2.15 bits per heavy atom. The first-order valence-corrected chi connectivity index (χ1v) is 7.78. The maximum Gasteiger partial charge on any atom is 0.325 e. The molecule has 0 saturated carbocycles. The minimum atomic E-state index is -3.79. The van der Waals surface area contributed by atoms with E-state index in [1.807, 2.05) is 0 Å². The van der Waals surface area contributed by atoms with Crippen LogP contribution >= 0.6 is 11.6 Å². The Kier molecular flexibility index (Phi) is 3.81. The lowest BCUT2D eigenvalue weighted by Crippen LogP contribution is -2.50. The lowest BCUT2D eigenvalue weighted by Gasteiger charge is -2.21. The highest BCUT2D eigenvalue weighted by Gasteiger charge is 2.45. The molecule has 6 nitrogen and oxygen atoms in total. The first kappa shape index (κ1) is 15.2. The maximum absolute atomic E-state index is 12.5. The molecule has 1 aliphatic rings. The normalized spacial score (nSPS) is 23.9. The van der Waals surface area contributed by atoms with E-state index in [0.29, 0.717) is 10.6 Å². The van der Waals surface area contributed by atoms with E-state index in [4.69, 9.17) is 22.4 Å². The molecule has 3 N–H and O–H groups in total. The monoisotopic (exact) mass is 318 g/mol. The van der Waals surface area contributed by atoms with Gasteiger partial charge in [-0.05, 0) is 31.0 Å². The number of aliphatic carboxylic acids is 1. The number of carboxylic acids is 1. The van der Waals surface area contributed by atoms with Gasteiger partial charge in [-0.1, -0.05) is 17.7 Å². The van der Waals surface area contributed by atoms with E-state index in [0.717, 1.165) is 4.31 Å². The molecule has 0 spiro atoms. The third-order valence-electron chi connectivity index (χ3n) is 3.53. The standard InChI is InChI=1S/C12H15ClN2O4S/c1-8-9(13)3-2-4-10(8)20(18,19)15-6-5-12(14,7-15)11(16)17/h2-4H,5-7,14H2,1H3,(H,16,17). The number of rotatable bonds is 3. The first-order chi connectivity index (χ1) is 9.18. The van der Waals surface area contributed by atoms with E-state index in [-0.39, 0.29) is 24.4 Å². The van der Waals surface area contributed by atoms with Crippen LogP contribution in [0.5, 0.6) is 0 Å². The highest BCUT2D eigenvalue weighted by Crippen LogP contribution is 2.29. The smallest absolute Gasteiger partial charge is 0.325 e. The van der Waals surface area contributed by atoms with Crippen molar-refractivity contribution < 1.29 is 18.3 Å². The van der Waals surface area contributed by atoms with E-state index in [1.54, 1.807) is 19.1 Å². The average molecular weight is 319 g/mol. The molecule has 1 heterocycles. The Balaban J connectivity index is 2.38. The molecule has 0 radical (unpaired) electrons. The summed E-state index contributed by atoms with van der Waals surface area (Å²) in [4.78, 5) is 11.2. The minimum Gasteiger partial charge on any atom is -0.480 e. The van der Waals surface area contributed by atoms with Crippen LogP contribution < -0.4 is 5.73 Å². The SMILES string of the molecule is Cc1c(Cl)cccc1S(=O)(=O)N1CCC(N)(C(=O)O)C1. The molecule has 1 unspecified atom stereocenters. The second kappa shape index (κ2) is 5.00. The van der Waals surface area contributed by atoms with Gasteiger partial charge < -0.3 is 10.8 Å². The van der Waals surface area contributed by atoms with Crippen molar-refractivity contribution in [3.63, 3.8) is 0 Å². The number of carbonyl (C=O) groups is 1. The zero-order valence-corrected chi connectivity index (χ0v) is 12.4. The van der Waals surface area contributed by atoms with Crippen LogP contribution in [-0.2, 0) is 14.8 Å². The van der Waals surface area contributed by atoms with Crippen molar-refractivity contribution in [2.24, 2.45) is 5.73 Å². The summed E-state index contributed by atoms with van der Waals surface area (Å²) in [6.45, 7) is 1.45. The minimum absolute atomic E-state index is 0.0804. The van der Waals surface area contributed by atoms with E-state index >= 15 is 0 Å². The highest BCUT2D eigenvalue weighted by atomic mass is 35.5. The maximum atomic E-state index is 12.5. The summed E-state index contributed by atoms with van der Waals surface area (Å²) in [7, 11) is -3.79. The summed E-state index contributed by atoms with van der Waals surface area (Å²) in [5.41, 5.74) is 4.62. The first-order valence-electron chi connectivity index (χ1n) is 5.96. The van der Waals surface area contributed by atoms with E-state index in [1.165, 1.54) is 6.07 Å². The van der Waals surface area contributed by atoms with Gasteiger partial charge in [0.15, 0.2) is 0 Å². The van der Waals surface area contributed by atoms with E-state index in [9.17, 15) is 13.2 Å². The van der Waals surface area contributed by atoms with Gasteiger partial charge in [0.05, 0.1) is 4.90 Å². The van der Waals surface area contributed by atoms with Gasteiger partial charge in [-0.2, -0.15) is 4.31 Å². The van der Waals surface area contributed by atoms with Crippen molar-refractivity contribution >= 4 is 27.6 Å². The van der Waals surface area contributed by atoms with Crippen LogP contribution in [-0.4, -0.2) is 42.4 Å². The average Bonchev–Trinajstić information content (AvgIpc) is 2.77. The number of benzene rings is 1. The van der Waals surface area contributed by atoms with E-state index in [2.05, 4.69) is 0 Å². The van der Waals surface area contributed by atoms with Crippen molar-refractivity contribution in [2.45, 2.75) is 23.8 Å². The largest absolute Gasteiger partial charge is 0.480 e. The molecule has 1 saturated heterocycles. The van der Waals surface area contributed by atoms with Crippen LogP contribution in [0.25, 0.3) is 0 Å². The summed E-state index contributed by atoms with van der Waals surface area (Å²) in [5.74, 6) is -1.20. The predicted octanol–water partition coefficient (Wildman–Crippen LogP) is 0.825. The van der Waals surface area contributed by atoms with Crippen molar-refractivity contribution in [3.05, 3.63) is 28.8 Å². The number of halogens is 1. The van der Waals surface area contributed by atoms with Gasteiger partial charge in [0.1, 0.15) is 5.54 Å². The molecule has 1 aromatic rings. The topological polar surface area (TPSA) is 101 Å². The second-order valence-electron chi connectivity index (χ2n) is 4.91.